The molecular weight excluding hydrogens is 254 g/mol. The molecule has 0 heterocycles. The van der Waals surface area contributed by atoms with E-state index in [0.717, 1.165) is 6.42 Å². The third kappa shape index (κ3) is 1.66. The summed E-state index contributed by atoms with van der Waals surface area (Å²) in [6, 6.07) is 0. The van der Waals surface area contributed by atoms with Gasteiger partial charge in [0.25, 0.3) is 5.79 Å². The average Bonchev–Trinajstić information content (AvgIpc) is 2.24. The fourth-order valence-corrected chi connectivity index (χ4v) is 4.50. The van der Waals surface area contributed by atoms with E-state index in [9.17, 15) is 9.90 Å². The van der Waals surface area contributed by atoms with E-state index in [1.807, 2.05) is 0 Å². The minimum Gasteiger partial charge on any atom is -0.426 e. The molecule has 5 heteroatoms. The van der Waals surface area contributed by atoms with E-state index in [0.29, 0.717) is 6.42 Å². The molecule has 108 valence electrons. The van der Waals surface area contributed by atoms with Crippen molar-refractivity contribution in [3.8, 4) is 0 Å². The number of hydrogen-bond acceptors (Lipinski definition) is 3. The number of rotatable bonds is 3. The second-order valence-corrected chi connectivity index (χ2v) is 6.58. The predicted octanol–water partition coefficient (Wildman–Crippen LogP) is 2.66. The van der Waals surface area contributed by atoms with Crippen LogP contribution in [0.15, 0.2) is 0 Å². The highest BCUT2D eigenvalue weighted by Gasteiger charge is 2.76. The molecule has 0 saturated heterocycles. The molecule has 19 heavy (non-hydrogen) atoms. The first-order chi connectivity index (χ1) is 8.82. The molecule has 3 nitrogen and oxygen atoms in total. The van der Waals surface area contributed by atoms with Crippen molar-refractivity contribution < 1.29 is 23.4 Å². The summed E-state index contributed by atoms with van der Waals surface area (Å²) in [6.07, 6.45) is 1.84. The molecule has 0 amide bonds. The lowest BCUT2D eigenvalue weighted by atomic mass is 9.50. The van der Waals surface area contributed by atoms with Crippen molar-refractivity contribution in [3.63, 3.8) is 0 Å². The predicted molar refractivity (Wildman–Crippen MR) is 63.7 cm³/mol. The number of halogens is 2. The summed E-state index contributed by atoms with van der Waals surface area (Å²) in [5, 5.41) is 10.5. The van der Waals surface area contributed by atoms with E-state index < -0.39 is 23.1 Å². The summed E-state index contributed by atoms with van der Waals surface area (Å²) < 4.78 is 35.0. The van der Waals surface area contributed by atoms with Gasteiger partial charge in [0.2, 0.25) is 0 Å². The molecule has 0 atom stereocenters. The first kappa shape index (κ1) is 13.3. The van der Waals surface area contributed by atoms with Crippen LogP contribution in [0, 0.1) is 11.8 Å². The third-order valence-electron chi connectivity index (χ3n) is 5.05. The van der Waals surface area contributed by atoms with Crippen LogP contribution in [-0.2, 0) is 9.53 Å². The largest absolute Gasteiger partial charge is 0.426 e. The van der Waals surface area contributed by atoms with Gasteiger partial charge in [-0.05, 0) is 50.4 Å². The van der Waals surface area contributed by atoms with Gasteiger partial charge in [0.15, 0.2) is 11.3 Å². The summed E-state index contributed by atoms with van der Waals surface area (Å²) in [4.78, 5) is 11.6. The molecular formula is C14H20F2O3. The standard InChI is InChI=1S/C14H20F2O3/c1-2-3-11(17)19-14(18)12(15)5-9-4-10(7-12)8-13(14,16)6-9/h9-10,18H,2-8H2,1H3. The maximum Gasteiger partial charge on any atom is 0.308 e. The Bertz CT molecular complexity index is 373. The Morgan fingerprint density at radius 2 is 1.68 bits per heavy atom. The van der Waals surface area contributed by atoms with Gasteiger partial charge < -0.3 is 9.84 Å². The molecule has 4 bridgehead atoms. The second-order valence-electron chi connectivity index (χ2n) is 6.58. The van der Waals surface area contributed by atoms with E-state index in [2.05, 4.69) is 0 Å². The SMILES string of the molecule is CCCC(=O)OC1(O)C2(F)CC3CC(C2)CC1(F)C3. The van der Waals surface area contributed by atoms with Crippen molar-refractivity contribution >= 4 is 5.97 Å². The number of aliphatic hydroxyl groups is 1. The van der Waals surface area contributed by atoms with Gasteiger partial charge in [-0.1, -0.05) is 6.92 Å². The number of carbonyl (C=O) groups excluding carboxylic acids is 1. The topological polar surface area (TPSA) is 46.5 Å². The summed E-state index contributed by atoms with van der Waals surface area (Å²) >= 11 is 0. The molecule has 4 saturated carbocycles. The summed E-state index contributed by atoms with van der Waals surface area (Å²) in [5.74, 6) is -3.37. The molecule has 0 aromatic heterocycles. The van der Waals surface area contributed by atoms with Gasteiger partial charge in [0, 0.05) is 6.42 Å². The van der Waals surface area contributed by atoms with E-state index in [1.165, 1.54) is 0 Å². The molecule has 4 fully saturated rings. The lowest BCUT2D eigenvalue weighted by molar-refractivity contribution is -0.374. The molecule has 0 unspecified atom stereocenters. The lowest BCUT2D eigenvalue weighted by Gasteiger charge is -2.62. The van der Waals surface area contributed by atoms with Crippen LogP contribution in [0.5, 0.6) is 0 Å². The number of carbonyl (C=O) groups is 1. The first-order valence-corrected chi connectivity index (χ1v) is 7.14. The normalized spacial score (nSPS) is 51.4. The highest BCUT2D eigenvalue weighted by molar-refractivity contribution is 5.70. The summed E-state index contributed by atoms with van der Waals surface area (Å²) in [7, 11) is 0. The quantitative estimate of drug-likeness (QED) is 0.635. The smallest absolute Gasteiger partial charge is 0.308 e. The Morgan fingerprint density at radius 3 is 2.11 bits per heavy atom. The summed E-state index contributed by atoms with van der Waals surface area (Å²) in [6.45, 7) is 1.78. The molecule has 0 spiro atoms. The Morgan fingerprint density at radius 1 is 1.21 bits per heavy atom. The van der Waals surface area contributed by atoms with Crippen LogP contribution in [0.4, 0.5) is 8.78 Å². The highest BCUT2D eigenvalue weighted by Crippen LogP contribution is 2.65. The maximum absolute atomic E-state index is 15.0. The maximum atomic E-state index is 15.0. The van der Waals surface area contributed by atoms with Gasteiger partial charge in [-0.2, -0.15) is 0 Å². The number of alkyl halides is 2. The van der Waals surface area contributed by atoms with Crippen molar-refractivity contribution in [2.24, 2.45) is 11.8 Å². The Hall–Kier alpha value is -0.710. The molecule has 0 aromatic rings. The highest BCUT2D eigenvalue weighted by atomic mass is 19.2. The van der Waals surface area contributed by atoms with Crippen molar-refractivity contribution in [2.45, 2.75) is 69.0 Å². The summed E-state index contributed by atoms with van der Waals surface area (Å²) in [5.41, 5.74) is -4.23. The Kier molecular flexibility index (Phi) is 2.73. The van der Waals surface area contributed by atoms with Crippen LogP contribution in [0.25, 0.3) is 0 Å². The van der Waals surface area contributed by atoms with Crippen molar-refractivity contribution in [1.82, 2.24) is 0 Å². The fraction of sp³-hybridized carbons (Fsp3) is 0.929. The van der Waals surface area contributed by atoms with Crippen molar-refractivity contribution in [3.05, 3.63) is 0 Å². The minimum atomic E-state index is -2.58. The second kappa shape index (κ2) is 3.90. The van der Waals surface area contributed by atoms with Gasteiger partial charge in [-0.25, -0.2) is 8.78 Å². The van der Waals surface area contributed by atoms with Gasteiger partial charge >= 0.3 is 5.97 Å². The molecule has 4 rings (SSSR count). The van der Waals surface area contributed by atoms with E-state index in [4.69, 9.17) is 4.74 Å². The van der Waals surface area contributed by atoms with Crippen molar-refractivity contribution in [1.29, 1.82) is 0 Å². The van der Waals surface area contributed by atoms with E-state index >= 15 is 8.78 Å². The number of hydrogen-bond donors (Lipinski definition) is 1. The van der Waals surface area contributed by atoms with Gasteiger partial charge in [-0.3, -0.25) is 4.79 Å². The molecule has 4 aliphatic rings. The fourth-order valence-electron chi connectivity index (χ4n) is 4.50. The van der Waals surface area contributed by atoms with Crippen LogP contribution >= 0.6 is 0 Å². The first-order valence-electron chi connectivity index (χ1n) is 7.14. The minimum absolute atomic E-state index is 0.0346. The molecule has 4 aliphatic carbocycles. The molecule has 0 radical (unpaired) electrons. The Labute approximate surface area is 111 Å². The van der Waals surface area contributed by atoms with Crippen LogP contribution in [0.1, 0.15) is 51.9 Å². The number of ether oxygens (including phenoxy) is 1. The van der Waals surface area contributed by atoms with Crippen molar-refractivity contribution in [2.75, 3.05) is 0 Å². The lowest BCUT2D eigenvalue weighted by Crippen LogP contribution is -2.75. The zero-order valence-corrected chi connectivity index (χ0v) is 11.1. The molecule has 1 N–H and O–H groups in total. The molecule has 0 aromatic carbocycles. The monoisotopic (exact) mass is 274 g/mol. The van der Waals surface area contributed by atoms with Gasteiger partial charge in [0.05, 0.1) is 0 Å². The molecule has 0 aliphatic heterocycles. The average molecular weight is 274 g/mol. The Balaban J connectivity index is 1.92. The zero-order valence-electron chi connectivity index (χ0n) is 11.1. The number of esters is 1. The van der Waals surface area contributed by atoms with Gasteiger partial charge in [0.1, 0.15) is 0 Å². The van der Waals surface area contributed by atoms with Crippen LogP contribution in [0.3, 0.4) is 0 Å². The van der Waals surface area contributed by atoms with Crippen LogP contribution in [0.2, 0.25) is 0 Å². The van der Waals surface area contributed by atoms with Crippen LogP contribution in [-0.4, -0.2) is 28.2 Å². The van der Waals surface area contributed by atoms with Gasteiger partial charge in [-0.15, -0.1) is 0 Å². The zero-order chi connectivity index (χ0) is 13.9. The van der Waals surface area contributed by atoms with E-state index in [-0.39, 0.29) is 43.9 Å². The van der Waals surface area contributed by atoms with E-state index in [1.54, 1.807) is 6.92 Å². The third-order valence-corrected chi connectivity index (χ3v) is 5.05. The van der Waals surface area contributed by atoms with Crippen LogP contribution < -0.4 is 0 Å².